The molecule has 0 radical (unpaired) electrons. The van der Waals surface area contributed by atoms with E-state index in [1.807, 2.05) is 24.3 Å². The van der Waals surface area contributed by atoms with Crippen molar-refractivity contribution in [2.45, 2.75) is 6.92 Å². The average Bonchev–Trinajstić information content (AvgIpc) is 2.43. The number of fused-ring (bicyclic) bond motifs is 1. The SMILES string of the molecule is COc1ccc2c(NCC(C)CN)nccc2c1. The number of rotatable bonds is 5. The van der Waals surface area contributed by atoms with Crippen molar-refractivity contribution in [2.24, 2.45) is 11.7 Å². The maximum absolute atomic E-state index is 5.61. The number of benzene rings is 1. The Balaban J connectivity index is 2.28. The van der Waals surface area contributed by atoms with Crippen LogP contribution in [0.3, 0.4) is 0 Å². The predicted molar refractivity (Wildman–Crippen MR) is 75.0 cm³/mol. The molecule has 4 nitrogen and oxygen atoms in total. The zero-order valence-corrected chi connectivity index (χ0v) is 10.8. The Bertz CT molecular complexity index is 527. The highest BCUT2D eigenvalue weighted by Crippen LogP contribution is 2.25. The zero-order chi connectivity index (χ0) is 13.0. The highest BCUT2D eigenvalue weighted by molar-refractivity contribution is 5.92. The fourth-order valence-corrected chi connectivity index (χ4v) is 1.78. The molecule has 0 amide bonds. The van der Waals surface area contributed by atoms with Crippen LogP contribution >= 0.6 is 0 Å². The molecule has 4 heteroatoms. The first-order chi connectivity index (χ1) is 8.74. The fourth-order valence-electron chi connectivity index (χ4n) is 1.78. The number of ether oxygens (including phenoxy) is 1. The maximum Gasteiger partial charge on any atom is 0.133 e. The monoisotopic (exact) mass is 245 g/mol. The van der Waals surface area contributed by atoms with Gasteiger partial charge in [-0.2, -0.15) is 0 Å². The summed E-state index contributed by atoms with van der Waals surface area (Å²) < 4.78 is 5.22. The van der Waals surface area contributed by atoms with Gasteiger partial charge in [-0.3, -0.25) is 0 Å². The van der Waals surface area contributed by atoms with Crippen LogP contribution in [0.1, 0.15) is 6.92 Å². The minimum atomic E-state index is 0.431. The molecular weight excluding hydrogens is 226 g/mol. The molecule has 0 bridgehead atoms. The van der Waals surface area contributed by atoms with Gasteiger partial charge in [0.25, 0.3) is 0 Å². The molecule has 1 heterocycles. The average molecular weight is 245 g/mol. The first-order valence-corrected chi connectivity index (χ1v) is 6.11. The second-order valence-corrected chi connectivity index (χ2v) is 4.47. The molecule has 0 fully saturated rings. The van der Waals surface area contributed by atoms with E-state index >= 15 is 0 Å². The number of nitrogens with one attached hydrogen (secondary N) is 1. The van der Waals surface area contributed by atoms with Gasteiger partial charge in [-0.1, -0.05) is 6.92 Å². The summed E-state index contributed by atoms with van der Waals surface area (Å²) in [5.41, 5.74) is 5.61. The number of nitrogens with two attached hydrogens (primary N) is 1. The van der Waals surface area contributed by atoms with Crippen LogP contribution in [-0.4, -0.2) is 25.2 Å². The molecule has 96 valence electrons. The van der Waals surface area contributed by atoms with Crippen molar-refractivity contribution >= 4 is 16.6 Å². The molecule has 18 heavy (non-hydrogen) atoms. The van der Waals surface area contributed by atoms with Crippen LogP contribution in [0.5, 0.6) is 5.75 Å². The summed E-state index contributed by atoms with van der Waals surface area (Å²) in [7, 11) is 1.67. The van der Waals surface area contributed by atoms with Gasteiger partial charge in [-0.25, -0.2) is 4.98 Å². The van der Waals surface area contributed by atoms with Crippen molar-refractivity contribution in [2.75, 3.05) is 25.5 Å². The van der Waals surface area contributed by atoms with E-state index < -0.39 is 0 Å². The third-order valence-electron chi connectivity index (χ3n) is 2.99. The highest BCUT2D eigenvalue weighted by atomic mass is 16.5. The second-order valence-electron chi connectivity index (χ2n) is 4.47. The molecule has 0 spiro atoms. The largest absolute Gasteiger partial charge is 0.497 e. The van der Waals surface area contributed by atoms with Crippen LogP contribution in [-0.2, 0) is 0 Å². The molecule has 3 N–H and O–H groups in total. The smallest absolute Gasteiger partial charge is 0.133 e. The number of anilines is 1. The van der Waals surface area contributed by atoms with E-state index in [0.717, 1.165) is 28.9 Å². The van der Waals surface area contributed by atoms with Crippen molar-refractivity contribution in [3.8, 4) is 5.75 Å². The molecule has 2 rings (SSSR count). The third-order valence-corrected chi connectivity index (χ3v) is 2.99. The van der Waals surface area contributed by atoms with E-state index in [-0.39, 0.29) is 0 Å². The molecule has 0 aliphatic heterocycles. The Morgan fingerprint density at radius 3 is 2.94 bits per heavy atom. The fraction of sp³-hybridized carbons (Fsp3) is 0.357. The summed E-state index contributed by atoms with van der Waals surface area (Å²) in [4.78, 5) is 4.38. The Hall–Kier alpha value is -1.81. The lowest BCUT2D eigenvalue weighted by Gasteiger charge is -2.12. The number of aromatic nitrogens is 1. The Morgan fingerprint density at radius 1 is 1.39 bits per heavy atom. The Labute approximate surface area is 107 Å². The molecule has 1 aromatic carbocycles. The van der Waals surface area contributed by atoms with Crippen molar-refractivity contribution in [1.29, 1.82) is 0 Å². The quantitative estimate of drug-likeness (QED) is 0.848. The summed E-state index contributed by atoms with van der Waals surface area (Å²) in [6.07, 6.45) is 1.80. The van der Waals surface area contributed by atoms with Gasteiger partial charge in [0.05, 0.1) is 7.11 Å². The number of hydrogen-bond donors (Lipinski definition) is 2. The van der Waals surface area contributed by atoms with Gasteiger partial charge >= 0.3 is 0 Å². The molecule has 0 saturated carbocycles. The molecule has 1 unspecified atom stereocenters. The van der Waals surface area contributed by atoms with Crippen molar-refractivity contribution in [3.63, 3.8) is 0 Å². The number of hydrogen-bond acceptors (Lipinski definition) is 4. The second kappa shape index (κ2) is 5.69. The van der Waals surface area contributed by atoms with Gasteiger partial charge < -0.3 is 15.8 Å². The normalized spacial score (nSPS) is 12.4. The van der Waals surface area contributed by atoms with E-state index in [1.54, 1.807) is 13.3 Å². The summed E-state index contributed by atoms with van der Waals surface area (Å²) in [5, 5.41) is 5.56. The van der Waals surface area contributed by atoms with Crippen molar-refractivity contribution in [3.05, 3.63) is 30.5 Å². The van der Waals surface area contributed by atoms with Gasteiger partial charge in [-0.15, -0.1) is 0 Å². The van der Waals surface area contributed by atoms with Gasteiger partial charge in [0, 0.05) is 18.1 Å². The Morgan fingerprint density at radius 2 is 2.22 bits per heavy atom. The van der Waals surface area contributed by atoms with Crippen LogP contribution in [0.2, 0.25) is 0 Å². The van der Waals surface area contributed by atoms with Crippen LogP contribution in [0.4, 0.5) is 5.82 Å². The molecular formula is C14H19N3O. The van der Waals surface area contributed by atoms with E-state index in [4.69, 9.17) is 10.5 Å². The van der Waals surface area contributed by atoms with Crippen LogP contribution in [0, 0.1) is 5.92 Å². The first-order valence-electron chi connectivity index (χ1n) is 6.11. The van der Waals surface area contributed by atoms with Gasteiger partial charge in [0.2, 0.25) is 0 Å². The molecule has 0 aliphatic rings. The van der Waals surface area contributed by atoms with Crippen LogP contribution in [0.15, 0.2) is 30.5 Å². The standard InChI is InChI=1S/C14H19N3O/c1-10(8-15)9-17-14-13-4-3-12(18-2)7-11(13)5-6-16-14/h3-7,10H,8-9,15H2,1-2H3,(H,16,17). The molecule has 0 saturated heterocycles. The summed E-state index contributed by atoms with van der Waals surface area (Å²) in [6, 6.07) is 7.96. The zero-order valence-electron chi connectivity index (χ0n) is 10.8. The first kappa shape index (κ1) is 12.6. The molecule has 1 aromatic heterocycles. The van der Waals surface area contributed by atoms with E-state index in [0.29, 0.717) is 12.5 Å². The maximum atomic E-state index is 5.61. The lowest BCUT2D eigenvalue weighted by Crippen LogP contribution is -2.20. The molecule has 2 aromatic rings. The highest BCUT2D eigenvalue weighted by Gasteiger charge is 2.05. The molecule has 0 aliphatic carbocycles. The lowest BCUT2D eigenvalue weighted by atomic mass is 10.1. The topological polar surface area (TPSA) is 60.2 Å². The Kier molecular flexibility index (Phi) is 3.99. The van der Waals surface area contributed by atoms with E-state index in [1.165, 1.54) is 0 Å². The minimum Gasteiger partial charge on any atom is -0.497 e. The van der Waals surface area contributed by atoms with E-state index in [2.05, 4.69) is 17.2 Å². The summed E-state index contributed by atoms with van der Waals surface area (Å²) >= 11 is 0. The minimum absolute atomic E-state index is 0.431. The van der Waals surface area contributed by atoms with Gasteiger partial charge in [0.1, 0.15) is 11.6 Å². The number of nitrogens with zero attached hydrogens (tertiary/aromatic N) is 1. The van der Waals surface area contributed by atoms with Crippen LogP contribution < -0.4 is 15.8 Å². The van der Waals surface area contributed by atoms with Gasteiger partial charge in [-0.05, 0) is 42.1 Å². The number of methoxy groups -OCH3 is 1. The van der Waals surface area contributed by atoms with Crippen LogP contribution in [0.25, 0.3) is 10.8 Å². The molecule has 1 atom stereocenters. The summed E-state index contributed by atoms with van der Waals surface area (Å²) in [6.45, 7) is 3.61. The number of pyridine rings is 1. The predicted octanol–water partition coefficient (Wildman–Crippen LogP) is 2.25. The third kappa shape index (κ3) is 2.71. The summed E-state index contributed by atoms with van der Waals surface area (Å²) in [5.74, 6) is 2.19. The van der Waals surface area contributed by atoms with E-state index in [9.17, 15) is 0 Å². The van der Waals surface area contributed by atoms with Crippen molar-refractivity contribution < 1.29 is 4.74 Å². The van der Waals surface area contributed by atoms with Crippen molar-refractivity contribution in [1.82, 2.24) is 4.98 Å². The lowest BCUT2D eigenvalue weighted by molar-refractivity contribution is 0.415. The van der Waals surface area contributed by atoms with Gasteiger partial charge in [0.15, 0.2) is 0 Å².